The van der Waals surface area contributed by atoms with Gasteiger partial charge in [0.25, 0.3) is 0 Å². The highest BCUT2D eigenvalue weighted by atomic mass is 16.7. The van der Waals surface area contributed by atoms with Crippen LogP contribution in [0, 0.1) is 0 Å². The number of benzene rings is 3. The summed E-state index contributed by atoms with van der Waals surface area (Å²) < 4.78 is 33.5. The molecule has 0 saturated carbocycles. The first-order chi connectivity index (χ1) is 25.7. The Kier molecular flexibility index (Phi) is 11.4. The minimum absolute atomic E-state index is 0.0259. The minimum atomic E-state index is -1.98. The third kappa shape index (κ3) is 7.97. The van der Waals surface area contributed by atoms with E-state index in [4.69, 9.17) is 28.1 Å². The third-order valence-corrected chi connectivity index (χ3v) is 8.73. The number of aliphatic hydroxyl groups is 7. The van der Waals surface area contributed by atoms with E-state index >= 15 is 0 Å². The number of carbonyl (C=O) groups is 1. The molecule has 0 amide bonds. The molecule has 288 valence electrons. The lowest BCUT2D eigenvalue weighted by atomic mass is 9.99. The normalized spacial score (nSPS) is 28.6. The van der Waals surface area contributed by atoms with Crippen LogP contribution >= 0.6 is 0 Å². The van der Waals surface area contributed by atoms with Gasteiger partial charge in [0.1, 0.15) is 89.4 Å². The SMILES string of the molecule is O=C(C=Cc1ccc(O)cc1)OC[C@H]1O[C@@H](Oc2c(-c3ccc(O[C@@H]4O[C@H](CO)[C@@H](O)[C@H](O)[C@H]4O)cc3)oc3cc(O)cc(O)c3c2=O)[C@H](O)[C@@H](O)[C@@H]1O. The topological polar surface area (TPSA) is 296 Å². The van der Waals surface area contributed by atoms with Crippen molar-refractivity contribution in [2.75, 3.05) is 13.2 Å². The molecule has 54 heavy (non-hydrogen) atoms. The number of fused-ring (bicyclic) bond motifs is 1. The number of phenolic OH excluding ortho intramolecular Hbond substituents is 3. The van der Waals surface area contributed by atoms with E-state index in [0.717, 1.165) is 18.2 Å². The van der Waals surface area contributed by atoms with E-state index in [2.05, 4.69) is 0 Å². The van der Waals surface area contributed by atoms with Gasteiger partial charge in [-0.1, -0.05) is 12.1 Å². The number of hydrogen-bond acceptors (Lipinski definition) is 18. The van der Waals surface area contributed by atoms with E-state index in [0.29, 0.717) is 5.56 Å². The Morgan fingerprint density at radius 1 is 0.722 bits per heavy atom. The van der Waals surface area contributed by atoms with Crippen LogP contribution in [0.15, 0.2) is 76.0 Å². The molecular formula is C36H36O18. The van der Waals surface area contributed by atoms with Crippen LogP contribution in [0.3, 0.4) is 0 Å². The lowest BCUT2D eigenvalue weighted by Crippen LogP contribution is -2.60. The number of hydrogen-bond donors (Lipinski definition) is 10. The number of carbonyl (C=O) groups excluding carboxylic acids is 1. The van der Waals surface area contributed by atoms with Gasteiger partial charge in [0.2, 0.25) is 23.8 Å². The largest absolute Gasteiger partial charge is 0.508 e. The highest BCUT2D eigenvalue weighted by Gasteiger charge is 2.47. The predicted octanol–water partition coefficient (Wildman–Crippen LogP) is -0.802. The first kappa shape index (κ1) is 38.4. The Hall–Kier alpha value is -5.28. The molecule has 10 atom stereocenters. The van der Waals surface area contributed by atoms with Gasteiger partial charge < -0.3 is 79.2 Å². The number of phenols is 3. The summed E-state index contributed by atoms with van der Waals surface area (Å²) in [6.45, 7) is -1.32. The molecule has 6 rings (SSSR count). The fourth-order valence-electron chi connectivity index (χ4n) is 5.78. The molecule has 0 unspecified atom stereocenters. The van der Waals surface area contributed by atoms with Crippen LogP contribution < -0.4 is 14.9 Å². The van der Waals surface area contributed by atoms with Crippen molar-refractivity contribution in [3.63, 3.8) is 0 Å². The number of ether oxygens (including phenoxy) is 5. The second-order valence-electron chi connectivity index (χ2n) is 12.5. The maximum absolute atomic E-state index is 13.9. The smallest absolute Gasteiger partial charge is 0.330 e. The Morgan fingerprint density at radius 2 is 1.33 bits per heavy atom. The first-order valence-electron chi connectivity index (χ1n) is 16.4. The van der Waals surface area contributed by atoms with Crippen LogP contribution in [-0.2, 0) is 19.0 Å². The zero-order chi connectivity index (χ0) is 38.8. The molecule has 0 aliphatic carbocycles. The number of rotatable bonds is 10. The molecule has 0 radical (unpaired) electrons. The van der Waals surface area contributed by atoms with E-state index in [1.807, 2.05) is 0 Å². The van der Waals surface area contributed by atoms with Gasteiger partial charge in [-0.15, -0.1) is 0 Å². The predicted molar refractivity (Wildman–Crippen MR) is 181 cm³/mol. The molecule has 2 aliphatic rings. The zero-order valence-electron chi connectivity index (χ0n) is 27.9. The Balaban J connectivity index is 1.26. The van der Waals surface area contributed by atoms with Crippen LogP contribution in [0.2, 0.25) is 0 Å². The van der Waals surface area contributed by atoms with Crippen molar-refractivity contribution in [2.45, 2.75) is 61.4 Å². The molecule has 3 aromatic carbocycles. The van der Waals surface area contributed by atoms with Crippen molar-refractivity contribution in [3.8, 4) is 40.1 Å². The summed E-state index contributed by atoms with van der Waals surface area (Å²) in [4.78, 5) is 26.3. The molecule has 2 fully saturated rings. The molecular weight excluding hydrogens is 720 g/mol. The van der Waals surface area contributed by atoms with Crippen LogP contribution in [-0.4, -0.2) is 132 Å². The van der Waals surface area contributed by atoms with Gasteiger partial charge in [0, 0.05) is 23.8 Å². The molecule has 0 spiro atoms. The van der Waals surface area contributed by atoms with E-state index in [-0.39, 0.29) is 28.4 Å². The molecule has 3 heterocycles. The Labute approximate surface area is 304 Å². The molecule has 2 aliphatic heterocycles. The quantitative estimate of drug-likeness (QED) is 0.0700. The summed E-state index contributed by atoms with van der Waals surface area (Å²) in [5, 5.41) is 102. The number of aromatic hydroxyl groups is 3. The molecule has 18 nitrogen and oxygen atoms in total. The van der Waals surface area contributed by atoms with Crippen LogP contribution in [0.1, 0.15) is 5.56 Å². The van der Waals surface area contributed by atoms with Gasteiger partial charge in [0.05, 0.1) is 6.61 Å². The fourth-order valence-corrected chi connectivity index (χ4v) is 5.78. The van der Waals surface area contributed by atoms with Crippen molar-refractivity contribution in [1.29, 1.82) is 0 Å². The zero-order valence-corrected chi connectivity index (χ0v) is 27.9. The van der Waals surface area contributed by atoms with Gasteiger partial charge in [-0.2, -0.15) is 0 Å². The summed E-state index contributed by atoms with van der Waals surface area (Å²) >= 11 is 0. The molecule has 10 N–H and O–H groups in total. The minimum Gasteiger partial charge on any atom is -0.508 e. The Morgan fingerprint density at radius 3 is 1.98 bits per heavy atom. The van der Waals surface area contributed by atoms with Crippen molar-refractivity contribution < 1.29 is 84.0 Å². The number of aliphatic hydroxyl groups excluding tert-OH is 7. The average Bonchev–Trinajstić information content (AvgIpc) is 3.15. The Bertz CT molecular complexity index is 2030. The van der Waals surface area contributed by atoms with Gasteiger partial charge >= 0.3 is 5.97 Å². The summed E-state index contributed by atoms with van der Waals surface area (Å²) in [5.41, 5.74) is -0.630. The lowest BCUT2D eigenvalue weighted by Gasteiger charge is -2.39. The second kappa shape index (κ2) is 16.0. The maximum atomic E-state index is 13.9. The monoisotopic (exact) mass is 756 g/mol. The van der Waals surface area contributed by atoms with Crippen molar-refractivity contribution in [2.24, 2.45) is 0 Å². The van der Waals surface area contributed by atoms with Crippen molar-refractivity contribution >= 4 is 23.0 Å². The third-order valence-electron chi connectivity index (χ3n) is 8.73. The summed E-state index contributed by atoms with van der Waals surface area (Å²) in [5.74, 6) is -2.94. The molecule has 18 heteroatoms. The summed E-state index contributed by atoms with van der Waals surface area (Å²) in [6.07, 6.45) is -14.4. The van der Waals surface area contributed by atoms with E-state index in [1.165, 1.54) is 42.5 Å². The fraction of sp³-hybridized carbons (Fsp3) is 0.333. The van der Waals surface area contributed by atoms with Crippen LogP contribution in [0.5, 0.6) is 28.7 Å². The van der Waals surface area contributed by atoms with Crippen LogP contribution in [0.25, 0.3) is 28.4 Å². The molecule has 4 aromatic rings. The summed E-state index contributed by atoms with van der Waals surface area (Å²) in [7, 11) is 0. The standard InChI is InChI=1S/C36H36O18/c37-13-22-26(42)29(45)31(47)35(52-22)50-19-8-4-16(5-9-19)33-34(28(44)25-20(40)11-18(39)12-21(25)51-33)54-36-32(48)30(46)27(43)23(53-36)14-49-24(41)10-3-15-1-6-17(38)7-2-15/h1-12,22-23,26-27,29-32,35-40,42-43,45-48H,13-14H2/t22-,23-,26-,27-,29+,30+,31-,32-,35-,36+/m1/s1. The van der Waals surface area contributed by atoms with E-state index in [1.54, 1.807) is 12.1 Å². The van der Waals surface area contributed by atoms with Gasteiger partial charge in [-0.3, -0.25) is 4.79 Å². The number of esters is 1. The van der Waals surface area contributed by atoms with Crippen LogP contribution in [0.4, 0.5) is 0 Å². The molecule has 2 saturated heterocycles. The van der Waals surface area contributed by atoms with Gasteiger partial charge in [-0.25, -0.2) is 4.79 Å². The van der Waals surface area contributed by atoms with E-state index < -0.39 is 109 Å². The highest BCUT2D eigenvalue weighted by molar-refractivity contribution is 5.88. The maximum Gasteiger partial charge on any atom is 0.330 e. The highest BCUT2D eigenvalue weighted by Crippen LogP contribution is 2.38. The first-order valence-corrected chi connectivity index (χ1v) is 16.4. The summed E-state index contributed by atoms with van der Waals surface area (Å²) in [6, 6.07) is 13.2. The average molecular weight is 757 g/mol. The van der Waals surface area contributed by atoms with Gasteiger partial charge in [-0.05, 0) is 48.0 Å². The molecule has 0 bridgehead atoms. The van der Waals surface area contributed by atoms with Gasteiger partial charge in [0.15, 0.2) is 5.76 Å². The van der Waals surface area contributed by atoms with Crippen molar-refractivity contribution in [3.05, 3.63) is 82.5 Å². The van der Waals surface area contributed by atoms with E-state index in [9.17, 15) is 60.7 Å². The molecule has 1 aromatic heterocycles. The van der Waals surface area contributed by atoms with Crippen molar-refractivity contribution in [1.82, 2.24) is 0 Å². The lowest BCUT2D eigenvalue weighted by molar-refractivity contribution is -0.278. The second-order valence-corrected chi connectivity index (χ2v) is 12.5.